The van der Waals surface area contributed by atoms with Crippen LogP contribution in [0.25, 0.3) is 6.08 Å². The van der Waals surface area contributed by atoms with Crippen molar-refractivity contribution in [2.24, 2.45) is 0 Å². The summed E-state index contributed by atoms with van der Waals surface area (Å²) in [5, 5.41) is 9.07. The largest absolute Gasteiger partial charge is 0.423 e. The number of aliphatic hydroxyl groups excluding tert-OH is 1. The first-order chi connectivity index (χ1) is 10.2. The molecule has 2 rings (SSSR count). The third-order valence-electron chi connectivity index (χ3n) is 3.04. The molecule has 3 heteroatoms. The molecule has 3 nitrogen and oxygen atoms in total. The zero-order valence-electron chi connectivity index (χ0n) is 12.0. The van der Waals surface area contributed by atoms with Crippen molar-refractivity contribution in [1.82, 2.24) is 0 Å². The smallest absolute Gasteiger partial charge is 0.336 e. The SMILES string of the molecule is Cc1ccc(CCO)c(/C=C/C(=O)Oc2ccccc2)c1. The summed E-state index contributed by atoms with van der Waals surface area (Å²) in [5.74, 6) is 0.102. The quantitative estimate of drug-likeness (QED) is 0.520. The molecule has 0 radical (unpaired) electrons. The van der Waals surface area contributed by atoms with Crippen LogP contribution in [-0.2, 0) is 11.2 Å². The lowest BCUT2D eigenvalue weighted by atomic mass is 10.0. The van der Waals surface area contributed by atoms with Gasteiger partial charge in [0, 0.05) is 12.7 Å². The minimum absolute atomic E-state index is 0.0817. The van der Waals surface area contributed by atoms with Gasteiger partial charge in [-0.3, -0.25) is 0 Å². The first-order valence-electron chi connectivity index (χ1n) is 6.84. The van der Waals surface area contributed by atoms with Crippen molar-refractivity contribution < 1.29 is 14.6 Å². The van der Waals surface area contributed by atoms with Gasteiger partial charge < -0.3 is 9.84 Å². The third-order valence-corrected chi connectivity index (χ3v) is 3.04. The highest BCUT2D eigenvalue weighted by atomic mass is 16.5. The molecule has 0 saturated carbocycles. The number of rotatable bonds is 5. The van der Waals surface area contributed by atoms with Crippen molar-refractivity contribution in [2.45, 2.75) is 13.3 Å². The summed E-state index contributed by atoms with van der Waals surface area (Å²) in [5.41, 5.74) is 3.04. The maximum Gasteiger partial charge on any atom is 0.336 e. The van der Waals surface area contributed by atoms with Crippen molar-refractivity contribution in [3.63, 3.8) is 0 Å². The van der Waals surface area contributed by atoms with E-state index in [2.05, 4.69) is 0 Å². The number of aliphatic hydroxyl groups is 1. The predicted octanol–water partition coefficient (Wildman–Crippen LogP) is 3.15. The standard InChI is InChI=1S/C18H18O3/c1-14-7-8-15(11-12-19)16(13-14)9-10-18(20)21-17-5-3-2-4-6-17/h2-10,13,19H,11-12H2,1H3/b10-9+. The summed E-state index contributed by atoms with van der Waals surface area (Å²) in [7, 11) is 0. The van der Waals surface area contributed by atoms with Crippen molar-refractivity contribution in [3.05, 3.63) is 71.3 Å². The van der Waals surface area contributed by atoms with Crippen LogP contribution in [0.2, 0.25) is 0 Å². The summed E-state index contributed by atoms with van der Waals surface area (Å²) in [6, 6.07) is 14.9. The Hall–Kier alpha value is -2.39. The molecule has 0 aromatic heterocycles. The number of benzene rings is 2. The molecule has 21 heavy (non-hydrogen) atoms. The van der Waals surface area contributed by atoms with Crippen LogP contribution < -0.4 is 4.74 Å². The second kappa shape index (κ2) is 7.41. The van der Waals surface area contributed by atoms with Crippen LogP contribution in [0.5, 0.6) is 5.75 Å². The van der Waals surface area contributed by atoms with E-state index in [1.807, 2.05) is 43.3 Å². The molecular weight excluding hydrogens is 264 g/mol. The van der Waals surface area contributed by atoms with Crippen LogP contribution in [0.4, 0.5) is 0 Å². The Labute approximate surface area is 124 Å². The highest BCUT2D eigenvalue weighted by Gasteiger charge is 2.02. The van der Waals surface area contributed by atoms with E-state index in [0.29, 0.717) is 12.2 Å². The number of hydrogen-bond donors (Lipinski definition) is 1. The Morgan fingerprint density at radius 3 is 2.67 bits per heavy atom. The van der Waals surface area contributed by atoms with E-state index in [0.717, 1.165) is 16.7 Å². The Balaban J connectivity index is 2.09. The monoisotopic (exact) mass is 282 g/mol. The molecule has 0 aliphatic heterocycles. The Kier molecular flexibility index (Phi) is 5.29. The zero-order chi connectivity index (χ0) is 15.1. The van der Waals surface area contributed by atoms with Gasteiger partial charge in [-0.2, -0.15) is 0 Å². The number of aryl methyl sites for hydroxylation is 1. The maximum atomic E-state index is 11.8. The van der Waals surface area contributed by atoms with Gasteiger partial charge in [0.15, 0.2) is 0 Å². The average Bonchev–Trinajstić information content (AvgIpc) is 2.49. The van der Waals surface area contributed by atoms with Crippen molar-refractivity contribution in [1.29, 1.82) is 0 Å². The number of carbonyl (C=O) groups excluding carboxylic acids is 1. The van der Waals surface area contributed by atoms with Gasteiger partial charge in [0.1, 0.15) is 5.75 Å². The second-order valence-corrected chi connectivity index (χ2v) is 4.74. The second-order valence-electron chi connectivity index (χ2n) is 4.74. The fourth-order valence-electron chi connectivity index (χ4n) is 2.01. The van der Waals surface area contributed by atoms with E-state index in [1.165, 1.54) is 6.08 Å². The van der Waals surface area contributed by atoms with Gasteiger partial charge in [0.2, 0.25) is 0 Å². The van der Waals surface area contributed by atoms with Gasteiger partial charge in [-0.15, -0.1) is 0 Å². The minimum atomic E-state index is -0.419. The number of ether oxygens (including phenoxy) is 1. The van der Waals surface area contributed by atoms with Crippen LogP contribution in [0, 0.1) is 6.92 Å². The molecule has 2 aromatic carbocycles. The topological polar surface area (TPSA) is 46.5 Å². The molecule has 2 aromatic rings. The summed E-state index contributed by atoms with van der Waals surface area (Å²) < 4.78 is 5.19. The highest BCUT2D eigenvalue weighted by molar-refractivity contribution is 5.89. The molecule has 0 aliphatic rings. The molecular formula is C18H18O3. The summed E-state index contributed by atoms with van der Waals surface area (Å²) >= 11 is 0. The first kappa shape index (κ1) is 15.0. The van der Waals surface area contributed by atoms with Crippen LogP contribution >= 0.6 is 0 Å². The predicted molar refractivity (Wildman–Crippen MR) is 83.1 cm³/mol. The van der Waals surface area contributed by atoms with Crippen LogP contribution in [-0.4, -0.2) is 17.7 Å². The van der Waals surface area contributed by atoms with Gasteiger partial charge in [-0.05, 0) is 42.7 Å². The lowest BCUT2D eigenvalue weighted by molar-refractivity contribution is -0.128. The van der Waals surface area contributed by atoms with E-state index >= 15 is 0 Å². The van der Waals surface area contributed by atoms with Gasteiger partial charge in [0.25, 0.3) is 0 Å². The number of hydrogen-bond acceptors (Lipinski definition) is 3. The minimum Gasteiger partial charge on any atom is -0.423 e. The molecule has 0 heterocycles. The highest BCUT2D eigenvalue weighted by Crippen LogP contribution is 2.15. The van der Waals surface area contributed by atoms with Crippen molar-refractivity contribution >= 4 is 12.0 Å². The number of esters is 1. The van der Waals surface area contributed by atoms with E-state index < -0.39 is 5.97 Å². The Morgan fingerprint density at radius 2 is 1.95 bits per heavy atom. The van der Waals surface area contributed by atoms with Gasteiger partial charge in [0.05, 0.1) is 0 Å². The van der Waals surface area contributed by atoms with Crippen molar-refractivity contribution in [3.8, 4) is 5.75 Å². The lowest BCUT2D eigenvalue weighted by Gasteiger charge is -2.06. The van der Waals surface area contributed by atoms with Crippen LogP contribution in [0.1, 0.15) is 16.7 Å². The summed E-state index contributed by atoms with van der Waals surface area (Å²) in [6.07, 6.45) is 3.69. The molecule has 0 unspecified atom stereocenters. The van der Waals surface area contributed by atoms with E-state index in [9.17, 15) is 4.79 Å². The molecule has 1 N–H and O–H groups in total. The average molecular weight is 282 g/mol. The van der Waals surface area contributed by atoms with Gasteiger partial charge in [-0.1, -0.05) is 42.0 Å². The van der Waals surface area contributed by atoms with Crippen molar-refractivity contribution in [2.75, 3.05) is 6.61 Å². The summed E-state index contributed by atoms with van der Waals surface area (Å²) in [4.78, 5) is 11.8. The van der Waals surface area contributed by atoms with E-state index in [-0.39, 0.29) is 6.61 Å². The fourth-order valence-corrected chi connectivity index (χ4v) is 2.01. The third kappa shape index (κ3) is 4.58. The molecule has 0 aliphatic carbocycles. The molecule has 0 spiro atoms. The van der Waals surface area contributed by atoms with E-state index in [1.54, 1.807) is 18.2 Å². The van der Waals surface area contributed by atoms with Gasteiger partial charge in [-0.25, -0.2) is 4.79 Å². The molecule has 0 amide bonds. The Bertz CT molecular complexity index is 630. The first-order valence-corrected chi connectivity index (χ1v) is 6.84. The summed E-state index contributed by atoms with van der Waals surface area (Å²) in [6.45, 7) is 2.07. The maximum absolute atomic E-state index is 11.8. The molecule has 0 atom stereocenters. The number of para-hydroxylation sites is 1. The van der Waals surface area contributed by atoms with Crippen LogP contribution in [0.3, 0.4) is 0 Å². The molecule has 108 valence electrons. The molecule has 0 fully saturated rings. The molecule has 0 bridgehead atoms. The molecule has 0 saturated heterocycles. The lowest BCUT2D eigenvalue weighted by Crippen LogP contribution is -2.03. The zero-order valence-corrected chi connectivity index (χ0v) is 12.0. The number of carbonyl (C=O) groups is 1. The van der Waals surface area contributed by atoms with Gasteiger partial charge >= 0.3 is 5.97 Å². The Morgan fingerprint density at radius 1 is 1.19 bits per heavy atom. The van der Waals surface area contributed by atoms with Crippen LogP contribution in [0.15, 0.2) is 54.6 Å². The fraction of sp³-hybridized carbons (Fsp3) is 0.167. The normalized spacial score (nSPS) is 10.8. The van der Waals surface area contributed by atoms with E-state index in [4.69, 9.17) is 9.84 Å².